The van der Waals surface area contributed by atoms with Crippen LogP contribution in [-0.2, 0) is 20.9 Å². The van der Waals surface area contributed by atoms with Crippen molar-refractivity contribution < 1.29 is 24.3 Å². The van der Waals surface area contributed by atoms with Crippen LogP contribution in [0.5, 0.6) is 0 Å². The maximum atomic E-state index is 12.8. The number of benzene rings is 2. The lowest BCUT2D eigenvalue weighted by Crippen LogP contribution is -2.64. The maximum Gasteiger partial charge on any atom is 0.278 e. The third kappa shape index (κ3) is 6.10. The Balaban J connectivity index is 1.63. The van der Waals surface area contributed by atoms with E-state index in [-0.39, 0.29) is 5.56 Å². The van der Waals surface area contributed by atoms with Crippen LogP contribution in [-0.4, -0.2) is 71.6 Å². The van der Waals surface area contributed by atoms with Gasteiger partial charge in [-0.15, -0.1) is 0 Å². The average molecular weight is 493 g/mol. The van der Waals surface area contributed by atoms with Crippen molar-refractivity contribution in [3.8, 4) is 11.8 Å². The molecule has 36 heavy (non-hydrogen) atoms. The molecule has 0 saturated carbocycles. The summed E-state index contributed by atoms with van der Waals surface area (Å²) in [5.41, 5.74) is 7.70. The van der Waals surface area contributed by atoms with Gasteiger partial charge in [0.05, 0.1) is 6.10 Å². The van der Waals surface area contributed by atoms with Crippen molar-refractivity contribution in [2.75, 3.05) is 27.2 Å². The number of rotatable bonds is 7. The molecule has 1 aliphatic rings. The molecule has 190 valence electrons. The number of nitrogens with zero attached hydrogens (tertiary/aromatic N) is 2. The minimum Gasteiger partial charge on any atom is -0.381 e. The SMILES string of the molecule is COC1CCN(Cc2ccc(C#Cc3ccc(C(=O)N(C)[C@@](C)(C(N)=O)C(=O)NO)cc3)cc2)CC1. The third-order valence-corrected chi connectivity index (χ3v) is 6.71. The molecule has 4 N–H and O–H groups in total. The van der Waals surface area contributed by atoms with Gasteiger partial charge in [-0.05, 0) is 61.7 Å². The van der Waals surface area contributed by atoms with E-state index in [2.05, 4.69) is 28.9 Å². The van der Waals surface area contributed by atoms with Crippen LogP contribution in [0.4, 0.5) is 0 Å². The van der Waals surface area contributed by atoms with E-state index in [1.807, 2.05) is 12.1 Å². The number of piperidine rings is 1. The number of nitrogens with two attached hydrogens (primary N) is 1. The molecule has 0 spiro atoms. The summed E-state index contributed by atoms with van der Waals surface area (Å²) in [6, 6.07) is 14.6. The van der Waals surface area contributed by atoms with Crippen molar-refractivity contribution in [1.82, 2.24) is 15.3 Å². The van der Waals surface area contributed by atoms with E-state index in [1.54, 1.807) is 31.4 Å². The standard InChI is InChI=1S/C27H32N4O5/c1-27(25(28)33,26(34)29-35)30(2)24(32)22-12-10-20(11-13-22)5-4-19-6-8-21(9-7-19)18-31-16-14-23(36-3)15-17-31/h6-13,23,35H,14-18H2,1-3H3,(H2,28,33)(H,29,34)/t27-/m0/s1. The van der Waals surface area contributed by atoms with Crippen molar-refractivity contribution in [2.24, 2.45) is 5.73 Å². The molecule has 0 unspecified atom stereocenters. The van der Waals surface area contributed by atoms with Crippen LogP contribution in [0.15, 0.2) is 48.5 Å². The van der Waals surface area contributed by atoms with Crippen LogP contribution < -0.4 is 11.2 Å². The molecule has 0 bridgehead atoms. The Bertz CT molecular complexity index is 1150. The first-order valence-corrected chi connectivity index (χ1v) is 11.7. The lowest BCUT2D eigenvalue weighted by atomic mass is 9.97. The quantitative estimate of drug-likeness (QED) is 0.233. The lowest BCUT2D eigenvalue weighted by molar-refractivity contribution is -0.146. The van der Waals surface area contributed by atoms with Crippen molar-refractivity contribution in [2.45, 2.75) is 38.0 Å². The molecule has 1 fully saturated rings. The number of carbonyl (C=O) groups excluding carboxylic acids is 3. The Morgan fingerprint density at radius 2 is 1.61 bits per heavy atom. The van der Waals surface area contributed by atoms with E-state index in [0.29, 0.717) is 11.7 Å². The molecule has 1 heterocycles. The third-order valence-electron chi connectivity index (χ3n) is 6.71. The zero-order valence-corrected chi connectivity index (χ0v) is 20.8. The number of amides is 3. The van der Waals surface area contributed by atoms with E-state index in [1.165, 1.54) is 18.1 Å². The Labute approximate surface area is 211 Å². The van der Waals surface area contributed by atoms with Crippen molar-refractivity contribution >= 4 is 17.7 Å². The Hall–Kier alpha value is -3.71. The largest absolute Gasteiger partial charge is 0.381 e. The van der Waals surface area contributed by atoms with Crippen LogP contribution in [0.3, 0.4) is 0 Å². The number of methoxy groups -OCH3 is 1. The van der Waals surface area contributed by atoms with Gasteiger partial charge in [-0.25, -0.2) is 5.48 Å². The summed E-state index contributed by atoms with van der Waals surface area (Å²) in [6.07, 6.45) is 2.49. The first kappa shape index (κ1) is 26.9. The molecule has 1 atom stereocenters. The van der Waals surface area contributed by atoms with Crippen LogP contribution in [0, 0.1) is 11.8 Å². The average Bonchev–Trinajstić information content (AvgIpc) is 2.91. The first-order chi connectivity index (χ1) is 17.2. The normalized spacial score (nSPS) is 15.8. The Morgan fingerprint density at radius 3 is 2.08 bits per heavy atom. The van der Waals surface area contributed by atoms with Gasteiger partial charge in [-0.1, -0.05) is 24.0 Å². The maximum absolute atomic E-state index is 12.8. The number of likely N-dealkylation sites (N-methyl/N-ethyl adjacent to an activating group) is 1. The van der Waals surface area contributed by atoms with Gasteiger partial charge in [-0.2, -0.15) is 0 Å². The molecule has 2 aromatic carbocycles. The molecule has 0 aliphatic carbocycles. The zero-order chi connectivity index (χ0) is 26.3. The molecule has 2 aromatic rings. The van der Waals surface area contributed by atoms with Crippen molar-refractivity contribution in [1.29, 1.82) is 0 Å². The zero-order valence-electron chi connectivity index (χ0n) is 20.8. The van der Waals surface area contributed by atoms with Gasteiger partial charge < -0.3 is 15.4 Å². The predicted octanol–water partition coefficient (Wildman–Crippen LogP) is 1.52. The second-order valence-corrected chi connectivity index (χ2v) is 8.98. The van der Waals surface area contributed by atoms with Crippen molar-refractivity contribution in [3.05, 3.63) is 70.8 Å². The highest BCUT2D eigenvalue weighted by Gasteiger charge is 2.46. The van der Waals surface area contributed by atoms with Gasteiger partial charge >= 0.3 is 0 Å². The molecule has 0 radical (unpaired) electrons. The highest BCUT2D eigenvalue weighted by atomic mass is 16.5. The fourth-order valence-electron chi connectivity index (χ4n) is 4.03. The van der Waals surface area contributed by atoms with Gasteiger partial charge in [0.1, 0.15) is 0 Å². The molecular weight excluding hydrogens is 460 g/mol. The number of hydrogen-bond acceptors (Lipinski definition) is 6. The summed E-state index contributed by atoms with van der Waals surface area (Å²) >= 11 is 0. The summed E-state index contributed by atoms with van der Waals surface area (Å²) in [4.78, 5) is 40.0. The highest BCUT2D eigenvalue weighted by Crippen LogP contribution is 2.18. The van der Waals surface area contributed by atoms with Gasteiger partial charge in [0.2, 0.25) is 0 Å². The molecule has 3 rings (SSSR count). The van der Waals surface area contributed by atoms with Crippen LogP contribution in [0.1, 0.15) is 46.8 Å². The van der Waals surface area contributed by atoms with Gasteiger partial charge in [0.25, 0.3) is 17.7 Å². The molecule has 1 aliphatic heterocycles. The fraction of sp³-hybridized carbons (Fsp3) is 0.370. The number of likely N-dealkylation sites (tertiary alicyclic amines) is 1. The van der Waals surface area contributed by atoms with E-state index in [4.69, 9.17) is 15.7 Å². The van der Waals surface area contributed by atoms with E-state index < -0.39 is 23.3 Å². The minimum absolute atomic E-state index is 0.236. The smallest absolute Gasteiger partial charge is 0.278 e. The van der Waals surface area contributed by atoms with E-state index in [9.17, 15) is 14.4 Å². The second-order valence-electron chi connectivity index (χ2n) is 8.98. The van der Waals surface area contributed by atoms with E-state index in [0.717, 1.165) is 49.9 Å². The number of carbonyl (C=O) groups is 3. The molecular formula is C27H32N4O5. The lowest BCUT2D eigenvalue weighted by Gasteiger charge is -2.33. The van der Waals surface area contributed by atoms with Gasteiger partial charge in [0.15, 0.2) is 5.54 Å². The first-order valence-electron chi connectivity index (χ1n) is 11.7. The second kappa shape index (κ2) is 11.8. The molecule has 1 saturated heterocycles. The summed E-state index contributed by atoms with van der Waals surface area (Å²) in [7, 11) is 3.04. The Kier molecular flexibility index (Phi) is 8.83. The van der Waals surface area contributed by atoms with Crippen LogP contribution >= 0.6 is 0 Å². The topological polar surface area (TPSA) is 125 Å². The highest BCUT2D eigenvalue weighted by molar-refractivity contribution is 6.12. The van der Waals surface area contributed by atoms with E-state index >= 15 is 0 Å². The van der Waals surface area contributed by atoms with Crippen LogP contribution in [0.2, 0.25) is 0 Å². The summed E-state index contributed by atoms with van der Waals surface area (Å²) < 4.78 is 5.43. The molecule has 9 heteroatoms. The van der Waals surface area contributed by atoms with Crippen molar-refractivity contribution in [3.63, 3.8) is 0 Å². The number of hydrogen-bond donors (Lipinski definition) is 3. The fourth-order valence-corrected chi connectivity index (χ4v) is 4.03. The summed E-state index contributed by atoms with van der Waals surface area (Å²) in [5.74, 6) is 3.41. The predicted molar refractivity (Wildman–Crippen MR) is 134 cm³/mol. The minimum atomic E-state index is -2.06. The number of ether oxygens (including phenoxy) is 1. The summed E-state index contributed by atoms with van der Waals surface area (Å²) in [5, 5.41) is 8.95. The Morgan fingerprint density at radius 1 is 1.08 bits per heavy atom. The molecule has 0 aromatic heterocycles. The molecule has 9 nitrogen and oxygen atoms in total. The van der Waals surface area contributed by atoms with Gasteiger partial charge in [-0.3, -0.25) is 24.5 Å². The number of primary amides is 1. The van der Waals surface area contributed by atoms with Gasteiger partial charge in [0, 0.05) is 50.5 Å². The monoisotopic (exact) mass is 492 g/mol. The number of nitrogens with one attached hydrogen (secondary N) is 1. The number of hydroxylamine groups is 1. The van der Waals surface area contributed by atoms with Crippen LogP contribution in [0.25, 0.3) is 0 Å². The summed E-state index contributed by atoms with van der Waals surface area (Å²) in [6.45, 7) is 4.13. The molecule has 3 amide bonds.